The van der Waals surface area contributed by atoms with Crippen LogP contribution in [-0.4, -0.2) is 23.1 Å². The van der Waals surface area contributed by atoms with Gasteiger partial charge in [-0.3, -0.25) is 9.78 Å². The van der Waals surface area contributed by atoms with Crippen molar-refractivity contribution in [3.05, 3.63) is 76.0 Å². The number of carbonyl (C=O) groups excluding carboxylic acids is 1. The molecule has 3 aromatic rings. The number of nitrogens with zero attached hydrogens (tertiary/aromatic N) is 1. The van der Waals surface area contributed by atoms with Crippen molar-refractivity contribution in [3.8, 4) is 17.2 Å². The van der Waals surface area contributed by atoms with Crippen LogP contribution in [0.2, 0.25) is 10.0 Å². The number of hydrogen-bond acceptors (Lipinski definition) is 5. The van der Waals surface area contributed by atoms with Gasteiger partial charge in [0.25, 0.3) is 0 Å². The number of hydrogen-bond donors (Lipinski definition) is 2. The molecule has 1 aromatic heterocycles. The molecule has 31 heavy (non-hydrogen) atoms. The summed E-state index contributed by atoms with van der Waals surface area (Å²) in [5, 5.41) is 13.6. The van der Waals surface area contributed by atoms with Gasteiger partial charge in [-0.2, -0.15) is 0 Å². The van der Waals surface area contributed by atoms with E-state index in [4.69, 9.17) is 32.7 Å². The van der Waals surface area contributed by atoms with Gasteiger partial charge in [0.05, 0.1) is 29.2 Å². The summed E-state index contributed by atoms with van der Waals surface area (Å²) < 4.78 is 11.2. The summed E-state index contributed by atoms with van der Waals surface area (Å²) in [6.07, 6.45) is 3.45. The lowest BCUT2D eigenvalue weighted by Gasteiger charge is -2.22. The average Bonchev–Trinajstić information content (AvgIpc) is 2.70. The van der Waals surface area contributed by atoms with E-state index in [0.717, 1.165) is 5.56 Å². The highest BCUT2D eigenvalue weighted by Gasteiger charge is 2.22. The molecule has 6 nitrogen and oxygen atoms in total. The fraction of sp³-hybridized carbons (Fsp3) is 0.217. The Bertz CT molecular complexity index is 1060. The highest BCUT2D eigenvalue weighted by atomic mass is 35.5. The molecule has 0 spiro atoms. The van der Waals surface area contributed by atoms with Crippen LogP contribution in [0.1, 0.15) is 25.0 Å². The zero-order valence-corrected chi connectivity index (χ0v) is 18.8. The van der Waals surface area contributed by atoms with Crippen molar-refractivity contribution in [1.29, 1.82) is 0 Å². The predicted molar refractivity (Wildman–Crippen MR) is 121 cm³/mol. The summed E-state index contributed by atoms with van der Waals surface area (Å²) in [4.78, 5) is 16.3. The molecule has 0 fully saturated rings. The Morgan fingerprint density at radius 3 is 2.45 bits per heavy atom. The van der Waals surface area contributed by atoms with Gasteiger partial charge in [-0.05, 0) is 55.8 Å². The van der Waals surface area contributed by atoms with Gasteiger partial charge in [-0.1, -0.05) is 29.3 Å². The average molecular weight is 461 g/mol. The maximum absolute atomic E-state index is 12.3. The molecule has 1 heterocycles. The van der Waals surface area contributed by atoms with Gasteiger partial charge in [0.2, 0.25) is 5.91 Å². The van der Waals surface area contributed by atoms with Crippen molar-refractivity contribution in [2.45, 2.75) is 25.9 Å². The van der Waals surface area contributed by atoms with E-state index in [0.29, 0.717) is 22.7 Å². The second-order valence-electron chi connectivity index (χ2n) is 7.38. The molecule has 3 rings (SSSR count). The van der Waals surface area contributed by atoms with Gasteiger partial charge in [-0.15, -0.1) is 0 Å². The van der Waals surface area contributed by atoms with Crippen LogP contribution in [0.25, 0.3) is 0 Å². The number of carbonyl (C=O) groups is 1. The summed E-state index contributed by atoms with van der Waals surface area (Å²) in [6.45, 7) is 3.30. The quantitative estimate of drug-likeness (QED) is 0.479. The Balaban J connectivity index is 1.79. The Morgan fingerprint density at radius 1 is 1.16 bits per heavy atom. The maximum Gasteiger partial charge on any atom is 0.228 e. The van der Waals surface area contributed by atoms with Gasteiger partial charge < -0.3 is 19.9 Å². The number of nitrogens with one attached hydrogen (secondary N) is 1. The zero-order chi connectivity index (χ0) is 22.6. The first kappa shape index (κ1) is 22.9. The molecule has 0 aliphatic rings. The van der Waals surface area contributed by atoms with Crippen LogP contribution in [0.5, 0.6) is 17.2 Å². The van der Waals surface area contributed by atoms with Crippen molar-refractivity contribution in [2.75, 3.05) is 12.4 Å². The molecule has 0 radical (unpaired) electrons. The van der Waals surface area contributed by atoms with E-state index in [1.54, 1.807) is 62.6 Å². The molecule has 0 saturated carbocycles. The molecule has 0 unspecified atom stereocenters. The predicted octanol–water partition coefficient (Wildman–Crippen LogP) is 5.60. The second kappa shape index (κ2) is 9.56. The molecule has 0 saturated heterocycles. The molecule has 0 aliphatic heterocycles. The van der Waals surface area contributed by atoms with Crippen molar-refractivity contribution in [2.24, 2.45) is 0 Å². The molecule has 0 bridgehead atoms. The number of aromatic nitrogens is 1. The van der Waals surface area contributed by atoms with Gasteiger partial charge in [-0.25, -0.2) is 0 Å². The number of methoxy groups -OCH3 is 1. The summed E-state index contributed by atoms with van der Waals surface area (Å²) in [5.74, 6) is 0.970. The summed E-state index contributed by atoms with van der Waals surface area (Å²) in [7, 11) is 1.53. The molecule has 0 atom stereocenters. The second-order valence-corrected chi connectivity index (χ2v) is 8.19. The van der Waals surface area contributed by atoms with E-state index in [1.165, 1.54) is 7.11 Å². The standard InChI is InChI=1S/C23H22Cl2N2O4/c1-23(2,29)17-12-16(6-7-20(17)30-3)31-22-18(24)10-15(11-19(22)25)27-21(28)9-14-5-4-8-26-13-14/h4-8,10-13,29H,9H2,1-3H3,(H,27,28). The van der Waals surface area contributed by atoms with E-state index in [2.05, 4.69) is 10.3 Å². The minimum Gasteiger partial charge on any atom is -0.496 e. The van der Waals surface area contributed by atoms with Crippen molar-refractivity contribution >= 4 is 34.8 Å². The zero-order valence-electron chi connectivity index (χ0n) is 17.3. The highest BCUT2D eigenvalue weighted by Crippen LogP contribution is 2.41. The fourth-order valence-corrected chi connectivity index (χ4v) is 3.53. The third-order valence-electron chi connectivity index (χ3n) is 4.42. The van der Waals surface area contributed by atoms with Crippen LogP contribution in [0.15, 0.2) is 54.9 Å². The van der Waals surface area contributed by atoms with Gasteiger partial charge in [0, 0.05) is 23.6 Å². The first-order valence-electron chi connectivity index (χ1n) is 9.44. The molecule has 1 amide bonds. The van der Waals surface area contributed by atoms with E-state index in [1.807, 2.05) is 6.07 Å². The Morgan fingerprint density at radius 2 is 1.87 bits per heavy atom. The molecular formula is C23H22Cl2N2O4. The first-order valence-corrected chi connectivity index (χ1v) is 10.2. The van der Waals surface area contributed by atoms with Crippen LogP contribution < -0.4 is 14.8 Å². The highest BCUT2D eigenvalue weighted by molar-refractivity contribution is 6.37. The number of ether oxygens (including phenoxy) is 2. The third-order valence-corrected chi connectivity index (χ3v) is 4.98. The summed E-state index contributed by atoms with van der Waals surface area (Å²) in [6, 6.07) is 11.7. The van der Waals surface area contributed by atoms with E-state index >= 15 is 0 Å². The van der Waals surface area contributed by atoms with Gasteiger partial charge >= 0.3 is 0 Å². The monoisotopic (exact) mass is 460 g/mol. The van der Waals surface area contributed by atoms with Crippen LogP contribution in [0, 0.1) is 0 Å². The first-order chi connectivity index (χ1) is 14.7. The van der Waals surface area contributed by atoms with Gasteiger partial charge in [0.1, 0.15) is 11.5 Å². The lowest BCUT2D eigenvalue weighted by atomic mass is 9.97. The molecule has 8 heteroatoms. The molecule has 2 N–H and O–H groups in total. The smallest absolute Gasteiger partial charge is 0.228 e. The minimum atomic E-state index is -1.14. The Hall–Kier alpha value is -2.80. The van der Waals surface area contributed by atoms with Crippen LogP contribution >= 0.6 is 23.2 Å². The Labute approximate surface area is 190 Å². The van der Waals surface area contributed by atoms with E-state index < -0.39 is 5.60 Å². The van der Waals surface area contributed by atoms with Crippen LogP contribution in [0.4, 0.5) is 5.69 Å². The summed E-state index contributed by atoms with van der Waals surface area (Å²) >= 11 is 12.7. The number of aliphatic hydroxyl groups is 1. The lowest BCUT2D eigenvalue weighted by molar-refractivity contribution is -0.115. The van der Waals surface area contributed by atoms with E-state index in [9.17, 15) is 9.90 Å². The number of pyridine rings is 1. The third kappa shape index (κ3) is 5.88. The Kier molecular flexibility index (Phi) is 7.05. The number of halogens is 2. The number of amides is 1. The lowest BCUT2D eigenvalue weighted by Crippen LogP contribution is -2.16. The number of benzene rings is 2. The van der Waals surface area contributed by atoms with Crippen molar-refractivity contribution < 1.29 is 19.4 Å². The number of rotatable bonds is 7. The van der Waals surface area contributed by atoms with Gasteiger partial charge in [0.15, 0.2) is 5.75 Å². The molecular weight excluding hydrogens is 439 g/mol. The topological polar surface area (TPSA) is 80.7 Å². The van der Waals surface area contributed by atoms with Crippen LogP contribution in [-0.2, 0) is 16.8 Å². The fourth-order valence-electron chi connectivity index (χ4n) is 2.97. The number of anilines is 1. The normalized spacial score (nSPS) is 11.2. The van der Waals surface area contributed by atoms with Crippen molar-refractivity contribution in [3.63, 3.8) is 0 Å². The molecule has 0 aliphatic carbocycles. The largest absolute Gasteiger partial charge is 0.496 e. The SMILES string of the molecule is COc1ccc(Oc2c(Cl)cc(NC(=O)Cc3cccnc3)cc2Cl)cc1C(C)(C)O. The molecule has 162 valence electrons. The minimum absolute atomic E-state index is 0.174. The maximum atomic E-state index is 12.3. The van der Waals surface area contributed by atoms with E-state index in [-0.39, 0.29) is 28.1 Å². The van der Waals surface area contributed by atoms with Crippen LogP contribution in [0.3, 0.4) is 0 Å². The van der Waals surface area contributed by atoms with Crippen molar-refractivity contribution in [1.82, 2.24) is 4.98 Å². The summed E-state index contributed by atoms with van der Waals surface area (Å²) in [5.41, 5.74) is 0.655. The molecule has 2 aromatic carbocycles.